The number of phenolic OH excluding ortho intramolecular Hbond substituents is 3. The number of aromatic hydroxyl groups is 3. The minimum absolute atomic E-state index is 0.0366. The maximum atomic E-state index is 14.0. The van der Waals surface area contributed by atoms with Gasteiger partial charge in [0, 0.05) is 18.6 Å². The number of esters is 1. The van der Waals surface area contributed by atoms with E-state index >= 15 is 0 Å². The van der Waals surface area contributed by atoms with Gasteiger partial charge in [0.2, 0.25) is 29.5 Å². The molecule has 17 heteroatoms. The molecule has 2 fully saturated rings. The van der Waals surface area contributed by atoms with Crippen molar-refractivity contribution in [2.75, 3.05) is 7.11 Å². The number of methoxy groups -OCH3 is 1. The monoisotopic (exact) mass is 666 g/mol. The Morgan fingerprint density at radius 3 is 2.06 bits per heavy atom. The number of benzene rings is 2. The van der Waals surface area contributed by atoms with Gasteiger partial charge in [-0.05, 0) is 32.0 Å². The molecular formula is C30H34O17. The predicted molar refractivity (Wildman–Crippen MR) is 155 cm³/mol. The van der Waals surface area contributed by atoms with Gasteiger partial charge in [-0.15, -0.1) is 0 Å². The Labute approximate surface area is 265 Å². The molecule has 2 aromatic carbocycles. The van der Waals surface area contributed by atoms with E-state index in [1.807, 2.05) is 0 Å². The van der Waals surface area contributed by atoms with E-state index in [-0.39, 0.29) is 16.9 Å². The SMILES string of the molecule is COc1c(O[C@@H]2OC(C)[C@H](OC(C)=O)[C@H](O)C2O)cc2oc(-c3ccc(O)c(O)c3)c(O[C@@H]3OC(C)[C@H](O)[C@H](O)C3O)c(=O)c2c1O. The number of ether oxygens (including phenoxy) is 6. The van der Waals surface area contributed by atoms with Gasteiger partial charge >= 0.3 is 5.97 Å². The summed E-state index contributed by atoms with van der Waals surface area (Å²) in [6.45, 7) is 3.97. The van der Waals surface area contributed by atoms with Crippen LogP contribution in [0.1, 0.15) is 20.8 Å². The number of aliphatic hydroxyl groups is 5. The number of carbonyl (C=O) groups is 1. The van der Waals surface area contributed by atoms with E-state index < -0.39 is 113 Å². The third kappa shape index (κ3) is 6.21. The molecule has 5 rings (SSSR count). The van der Waals surface area contributed by atoms with Gasteiger partial charge in [-0.3, -0.25) is 9.59 Å². The number of aliphatic hydroxyl groups excluding tert-OH is 5. The maximum Gasteiger partial charge on any atom is 0.303 e. The summed E-state index contributed by atoms with van der Waals surface area (Å²) in [7, 11) is 1.13. The van der Waals surface area contributed by atoms with Crippen LogP contribution in [0.4, 0.5) is 0 Å². The Hall–Kier alpha value is -4.36. The third-order valence-electron chi connectivity index (χ3n) is 7.84. The predicted octanol–water partition coefficient (Wildman–Crippen LogP) is -0.431. The average Bonchev–Trinajstić information content (AvgIpc) is 3.01. The lowest BCUT2D eigenvalue weighted by Gasteiger charge is -2.40. The third-order valence-corrected chi connectivity index (χ3v) is 7.84. The number of carbonyl (C=O) groups excluding carboxylic acids is 1. The van der Waals surface area contributed by atoms with E-state index in [9.17, 15) is 50.4 Å². The molecule has 47 heavy (non-hydrogen) atoms. The minimum Gasteiger partial charge on any atom is -0.504 e. The van der Waals surface area contributed by atoms with Crippen LogP contribution in [0.2, 0.25) is 0 Å². The van der Waals surface area contributed by atoms with Crippen molar-refractivity contribution in [1.82, 2.24) is 0 Å². The fraction of sp³-hybridized carbons (Fsp3) is 0.467. The quantitative estimate of drug-likeness (QED) is 0.117. The first kappa shape index (κ1) is 34.0. The fourth-order valence-electron chi connectivity index (χ4n) is 5.33. The molecule has 0 spiro atoms. The summed E-state index contributed by atoms with van der Waals surface area (Å²) < 4.78 is 38.9. The van der Waals surface area contributed by atoms with Crippen molar-refractivity contribution in [3.05, 3.63) is 34.5 Å². The smallest absolute Gasteiger partial charge is 0.303 e. The second kappa shape index (κ2) is 13.0. The van der Waals surface area contributed by atoms with E-state index in [0.29, 0.717) is 0 Å². The van der Waals surface area contributed by atoms with Gasteiger partial charge < -0.3 is 73.7 Å². The Kier molecular flexibility index (Phi) is 9.43. The van der Waals surface area contributed by atoms with Gasteiger partial charge in [-0.1, -0.05) is 0 Å². The van der Waals surface area contributed by atoms with Crippen molar-refractivity contribution >= 4 is 16.9 Å². The summed E-state index contributed by atoms with van der Waals surface area (Å²) in [5, 5.41) is 82.9. The maximum absolute atomic E-state index is 14.0. The average molecular weight is 667 g/mol. The Morgan fingerprint density at radius 2 is 1.43 bits per heavy atom. The van der Waals surface area contributed by atoms with Gasteiger partial charge in [0.1, 0.15) is 41.5 Å². The van der Waals surface area contributed by atoms with Gasteiger partial charge in [0.15, 0.2) is 34.9 Å². The van der Waals surface area contributed by atoms with Gasteiger partial charge in [0.05, 0.1) is 19.3 Å². The molecule has 1 aromatic heterocycles. The molecule has 17 nitrogen and oxygen atoms in total. The molecular weight excluding hydrogens is 632 g/mol. The van der Waals surface area contributed by atoms with Crippen LogP contribution in [-0.2, 0) is 19.0 Å². The molecule has 4 unspecified atom stereocenters. The van der Waals surface area contributed by atoms with E-state index in [2.05, 4.69) is 0 Å². The van der Waals surface area contributed by atoms with Gasteiger partial charge in [-0.25, -0.2) is 0 Å². The first-order valence-corrected chi connectivity index (χ1v) is 14.3. The lowest BCUT2D eigenvalue weighted by molar-refractivity contribution is -0.272. The topological polar surface area (TPSA) is 264 Å². The van der Waals surface area contributed by atoms with E-state index in [4.69, 9.17) is 32.8 Å². The number of hydrogen-bond donors (Lipinski definition) is 8. The zero-order valence-corrected chi connectivity index (χ0v) is 25.3. The van der Waals surface area contributed by atoms with Crippen LogP contribution in [0.25, 0.3) is 22.3 Å². The largest absolute Gasteiger partial charge is 0.504 e. The van der Waals surface area contributed by atoms with E-state index in [1.165, 1.54) is 19.9 Å². The molecule has 3 aromatic rings. The van der Waals surface area contributed by atoms with Gasteiger partial charge in [-0.2, -0.15) is 0 Å². The highest BCUT2D eigenvalue weighted by Crippen LogP contribution is 2.46. The van der Waals surface area contributed by atoms with Crippen molar-refractivity contribution in [1.29, 1.82) is 0 Å². The Bertz CT molecular complexity index is 1700. The highest BCUT2D eigenvalue weighted by Gasteiger charge is 2.47. The van der Waals surface area contributed by atoms with E-state index in [0.717, 1.165) is 32.2 Å². The van der Waals surface area contributed by atoms with Crippen molar-refractivity contribution in [3.63, 3.8) is 0 Å². The lowest BCUT2D eigenvalue weighted by Crippen LogP contribution is -2.59. The summed E-state index contributed by atoms with van der Waals surface area (Å²) in [5.74, 6) is -4.51. The molecule has 256 valence electrons. The summed E-state index contributed by atoms with van der Waals surface area (Å²) in [6, 6.07) is 4.47. The van der Waals surface area contributed by atoms with E-state index in [1.54, 1.807) is 0 Å². The first-order chi connectivity index (χ1) is 22.1. The van der Waals surface area contributed by atoms with Gasteiger partial charge in [0.25, 0.3) is 0 Å². The van der Waals surface area contributed by atoms with Crippen LogP contribution < -0.4 is 19.6 Å². The molecule has 0 aliphatic carbocycles. The lowest BCUT2D eigenvalue weighted by atomic mass is 9.99. The first-order valence-electron chi connectivity index (χ1n) is 14.3. The Balaban J connectivity index is 1.63. The summed E-state index contributed by atoms with van der Waals surface area (Å²) >= 11 is 0. The zero-order valence-electron chi connectivity index (χ0n) is 25.3. The normalized spacial score (nSPS) is 30.9. The number of rotatable bonds is 7. The number of fused-ring (bicyclic) bond motifs is 1. The molecule has 10 atom stereocenters. The van der Waals surface area contributed by atoms with Crippen molar-refractivity contribution < 1.29 is 78.5 Å². The number of phenols is 3. The van der Waals surface area contributed by atoms with Crippen LogP contribution in [0, 0.1) is 0 Å². The number of hydrogen-bond acceptors (Lipinski definition) is 17. The molecule has 3 heterocycles. The minimum atomic E-state index is -1.85. The molecule has 0 radical (unpaired) electrons. The summed E-state index contributed by atoms with van der Waals surface area (Å²) in [6.07, 6.45) is -15.0. The highest BCUT2D eigenvalue weighted by molar-refractivity contribution is 5.91. The molecule has 0 saturated carbocycles. The molecule has 8 N–H and O–H groups in total. The van der Waals surface area contributed by atoms with Crippen LogP contribution in [0.3, 0.4) is 0 Å². The highest BCUT2D eigenvalue weighted by atomic mass is 16.7. The molecule has 2 aliphatic heterocycles. The van der Waals surface area contributed by atoms with Crippen LogP contribution in [0.15, 0.2) is 33.5 Å². The van der Waals surface area contributed by atoms with Crippen molar-refractivity contribution in [3.8, 4) is 45.8 Å². The molecule has 2 saturated heterocycles. The molecule has 2 aliphatic rings. The van der Waals surface area contributed by atoms with Crippen molar-refractivity contribution in [2.45, 2.75) is 82.2 Å². The second-order valence-corrected chi connectivity index (χ2v) is 11.1. The van der Waals surface area contributed by atoms with Crippen LogP contribution in [0.5, 0.6) is 34.5 Å². The standard InChI is InChI=1S/C30H34O17/c1-9-18(34)21(37)23(39)30(42-9)47-28-20(36)17-15(45-26(28)12-5-6-13(32)14(33)7-12)8-16(27(41-4)19(17)35)46-29-24(40)22(38)25(10(2)43-29)44-11(3)31/h5-10,18,21-25,29-30,32-35,37-40H,1-4H3/t9?,10?,18-,21-,22+,23?,24?,25-,29-,30-/m0/s1. The molecule has 0 bridgehead atoms. The van der Waals surface area contributed by atoms with Crippen molar-refractivity contribution in [2.24, 2.45) is 0 Å². The second-order valence-electron chi connectivity index (χ2n) is 11.1. The zero-order chi connectivity index (χ0) is 34.5. The summed E-state index contributed by atoms with van der Waals surface area (Å²) in [5.41, 5.74) is -1.45. The Morgan fingerprint density at radius 1 is 0.787 bits per heavy atom. The van der Waals surface area contributed by atoms with Crippen LogP contribution >= 0.6 is 0 Å². The fourth-order valence-corrected chi connectivity index (χ4v) is 5.33. The summed E-state index contributed by atoms with van der Waals surface area (Å²) in [4.78, 5) is 25.4. The van der Waals surface area contributed by atoms with Crippen LogP contribution in [-0.4, -0.2) is 115 Å². The molecule has 0 amide bonds.